The van der Waals surface area contributed by atoms with Gasteiger partial charge >= 0.3 is 0 Å². The van der Waals surface area contributed by atoms with Crippen LogP contribution in [0.2, 0.25) is 0 Å². The van der Waals surface area contributed by atoms with Gasteiger partial charge in [0.2, 0.25) is 0 Å². The second kappa shape index (κ2) is 6.39. The SMILES string of the molecule is COc1ccccc1[C@@H](C)NCc1ccc(C)cc1. The lowest BCUT2D eigenvalue weighted by molar-refractivity contribution is 0.401. The Balaban J connectivity index is 2.01. The molecule has 0 amide bonds. The van der Waals surface area contributed by atoms with Crippen molar-refractivity contribution in [1.82, 2.24) is 5.32 Å². The number of benzene rings is 2. The quantitative estimate of drug-likeness (QED) is 0.876. The van der Waals surface area contributed by atoms with Crippen LogP contribution < -0.4 is 10.1 Å². The molecule has 19 heavy (non-hydrogen) atoms. The number of para-hydroxylation sites is 1. The predicted molar refractivity (Wildman–Crippen MR) is 79.4 cm³/mol. The average molecular weight is 255 g/mol. The van der Waals surface area contributed by atoms with E-state index in [1.54, 1.807) is 7.11 Å². The van der Waals surface area contributed by atoms with Gasteiger partial charge in [-0.3, -0.25) is 0 Å². The number of aryl methyl sites for hydroxylation is 1. The van der Waals surface area contributed by atoms with Crippen LogP contribution in [0.1, 0.15) is 29.7 Å². The van der Waals surface area contributed by atoms with Gasteiger partial charge in [-0.1, -0.05) is 48.0 Å². The van der Waals surface area contributed by atoms with Gasteiger partial charge in [-0.05, 0) is 25.5 Å². The minimum absolute atomic E-state index is 0.262. The number of methoxy groups -OCH3 is 1. The lowest BCUT2D eigenvalue weighted by atomic mass is 10.1. The molecule has 1 atom stereocenters. The fourth-order valence-corrected chi connectivity index (χ4v) is 2.11. The Morgan fingerprint density at radius 1 is 1.05 bits per heavy atom. The molecule has 0 heterocycles. The van der Waals surface area contributed by atoms with Crippen molar-refractivity contribution < 1.29 is 4.74 Å². The summed E-state index contributed by atoms with van der Waals surface area (Å²) in [7, 11) is 1.71. The first-order valence-corrected chi connectivity index (χ1v) is 6.62. The summed E-state index contributed by atoms with van der Waals surface area (Å²) in [5.41, 5.74) is 3.78. The molecule has 2 aromatic carbocycles. The molecule has 100 valence electrons. The van der Waals surface area contributed by atoms with E-state index in [2.05, 4.69) is 49.5 Å². The second-order valence-corrected chi connectivity index (χ2v) is 4.83. The number of hydrogen-bond acceptors (Lipinski definition) is 2. The van der Waals surface area contributed by atoms with Crippen LogP contribution in [0.3, 0.4) is 0 Å². The van der Waals surface area contributed by atoms with Crippen LogP contribution >= 0.6 is 0 Å². The Hall–Kier alpha value is -1.80. The van der Waals surface area contributed by atoms with Crippen molar-refractivity contribution in [1.29, 1.82) is 0 Å². The van der Waals surface area contributed by atoms with Crippen LogP contribution in [0.25, 0.3) is 0 Å². The van der Waals surface area contributed by atoms with E-state index in [1.165, 1.54) is 16.7 Å². The van der Waals surface area contributed by atoms with Gasteiger partial charge in [0.05, 0.1) is 7.11 Å². The fourth-order valence-electron chi connectivity index (χ4n) is 2.11. The predicted octanol–water partition coefficient (Wildman–Crippen LogP) is 3.85. The van der Waals surface area contributed by atoms with Crippen molar-refractivity contribution in [3.8, 4) is 5.75 Å². The van der Waals surface area contributed by atoms with Gasteiger partial charge in [0.1, 0.15) is 5.75 Å². The van der Waals surface area contributed by atoms with Gasteiger partial charge in [0.25, 0.3) is 0 Å². The highest BCUT2D eigenvalue weighted by Crippen LogP contribution is 2.24. The summed E-state index contributed by atoms with van der Waals surface area (Å²) < 4.78 is 5.39. The van der Waals surface area contributed by atoms with E-state index >= 15 is 0 Å². The molecule has 0 saturated carbocycles. The van der Waals surface area contributed by atoms with Crippen molar-refractivity contribution in [3.63, 3.8) is 0 Å². The summed E-state index contributed by atoms with van der Waals surface area (Å²) in [4.78, 5) is 0. The molecule has 0 aliphatic rings. The van der Waals surface area contributed by atoms with Gasteiger partial charge in [-0.15, -0.1) is 0 Å². The summed E-state index contributed by atoms with van der Waals surface area (Å²) >= 11 is 0. The van der Waals surface area contributed by atoms with Crippen LogP contribution in [-0.4, -0.2) is 7.11 Å². The zero-order valence-electron chi connectivity index (χ0n) is 11.8. The summed E-state index contributed by atoms with van der Waals surface area (Å²) in [6.45, 7) is 5.13. The molecule has 0 aliphatic heterocycles. The third-order valence-electron chi connectivity index (χ3n) is 3.34. The molecule has 0 saturated heterocycles. The van der Waals surface area contributed by atoms with E-state index in [9.17, 15) is 0 Å². The van der Waals surface area contributed by atoms with Crippen molar-refractivity contribution in [2.75, 3.05) is 7.11 Å². The van der Waals surface area contributed by atoms with Crippen molar-refractivity contribution >= 4 is 0 Å². The first kappa shape index (κ1) is 13.6. The first-order valence-electron chi connectivity index (χ1n) is 6.62. The van der Waals surface area contributed by atoms with E-state index in [4.69, 9.17) is 4.74 Å². The smallest absolute Gasteiger partial charge is 0.123 e. The molecule has 0 radical (unpaired) electrons. The summed E-state index contributed by atoms with van der Waals surface area (Å²) in [6, 6.07) is 17.0. The van der Waals surface area contributed by atoms with E-state index in [1.807, 2.05) is 18.2 Å². The van der Waals surface area contributed by atoms with Crippen LogP contribution in [0.15, 0.2) is 48.5 Å². The maximum atomic E-state index is 5.39. The minimum Gasteiger partial charge on any atom is -0.496 e. The summed E-state index contributed by atoms with van der Waals surface area (Å²) in [5, 5.41) is 3.53. The molecular formula is C17H21NO. The maximum Gasteiger partial charge on any atom is 0.123 e. The second-order valence-electron chi connectivity index (χ2n) is 4.83. The number of ether oxygens (including phenoxy) is 1. The van der Waals surface area contributed by atoms with Crippen LogP contribution in [-0.2, 0) is 6.54 Å². The summed E-state index contributed by atoms with van der Waals surface area (Å²) in [6.07, 6.45) is 0. The van der Waals surface area contributed by atoms with Gasteiger partial charge in [-0.25, -0.2) is 0 Å². The molecule has 2 rings (SSSR count). The van der Waals surface area contributed by atoms with E-state index < -0.39 is 0 Å². The van der Waals surface area contributed by atoms with Crippen molar-refractivity contribution in [3.05, 3.63) is 65.2 Å². The van der Waals surface area contributed by atoms with Crippen LogP contribution in [0, 0.1) is 6.92 Å². The topological polar surface area (TPSA) is 21.3 Å². The molecule has 0 bridgehead atoms. The lowest BCUT2D eigenvalue weighted by Gasteiger charge is -2.17. The molecule has 1 N–H and O–H groups in total. The molecule has 2 nitrogen and oxygen atoms in total. The molecule has 0 unspecified atom stereocenters. The number of hydrogen-bond donors (Lipinski definition) is 1. The number of rotatable bonds is 5. The summed E-state index contributed by atoms with van der Waals surface area (Å²) in [5.74, 6) is 0.936. The number of nitrogens with one attached hydrogen (secondary N) is 1. The zero-order chi connectivity index (χ0) is 13.7. The zero-order valence-corrected chi connectivity index (χ0v) is 11.8. The van der Waals surface area contributed by atoms with Gasteiger partial charge in [-0.2, -0.15) is 0 Å². The molecule has 2 aromatic rings. The molecule has 0 aromatic heterocycles. The highest BCUT2D eigenvalue weighted by Gasteiger charge is 2.09. The third kappa shape index (κ3) is 3.58. The molecule has 0 aliphatic carbocycles. The standard InChI is InChI=1S/C17H21NO/c1-13-8-10-15(11-9-13)12-18-14(2)16-6-4-5-7-17(16)19-3/h4-11,14,18H,12H2,1-3H3/t14-/m1/s1. The average Bonchev–Trinajstić information content (AvgIpc) is 2.46. The highest BCUT2D eigenvalue weighted by atomic mass is 16.5. The fraction of sp³-hybridized carbons (Fsp3) is 0.294. The molecule has 0 fully saturated rings. The largest absolute Gasteiger partial charge is 0.496 e. The van der Waals surface area contributed by atoms with Crippen LogP contribution in [0.5, 0.6) is 5.75 Å². The normalized spacial score (nSPS) is 12.2. The molecule has 2 heteroatoms. The highest BCUT2D eigenvalue weighted by molar-refractivity contribution is 5.35. The van der Waals surface area contributed by atoms with Crippen molar-refractivity contribution in [2.45, 2.75) is 26.4 Å². The van der Waals surface area contributed by atoms with Crippen molar-refractivity contribution in [2.24, 2.45) is 0 Å². The Morgan fingerprint density at radius 2 is 1.74 bits per heavy atom. The Kier molecular flexibility index (Phi) is 4.58. The Labute approximate surface area is 115 Å². The Bertz CT molecular complexity index is 519. The molecular weight excluding hydrogens is 234 g/mol. The monoisotopic (exact) mass is 255 g/mol. The van der Waals surface area contributed by atoms with Gasteiger partial charge in [0.15, 0.2) is 0 Å². The van der Waals surface area contributed by atoms with E-state index in [0.29, 0.717) is 0 Å². The lowest BCUT2D eigenvalue weighted by Crippen LogP contribution is -2.18. The maximum absolute atomic E-state index is 5.39. The van der Waals surface area contributed by atoms with E-state index in [-0.39, 0.29) is 6.04 Å². The van der Waals surface area contributed by atoms with Crippen LogP contribution in [0.4, 0.5) is 0 Å². The Morgan fingerprint density at radius 3 is 2.42 bits per heavy atom. The minimum atomic E-state index is 0.262. The van der Waals surface area contributed by atoms with Gasteiger partial charge < -0.3 is 10.1 Å². The van der Waals surface area contributed by atoms with E-state index in [0.717, 1.165) is 12.3 Å². The van der Waals surface area contributed by atoms with Gasteiger partial charge in [0, 0.05) is 18.2 Å². The molecule has 0 spiro atoms. The first-order chi connectivity index (χ1) is 9.20. The third-order valence-corrected chi connectivity index (χ3v) is 3.34.